The Morgan fingerprint density at radius 2 is 1.89 bits per heavy atom. The van der Waals surface area contributed by atoms with E-state index in [-0.39, 0.29) is 24.6 Å². The number of alkyl halides is 2. The summed E-state index contributed by atoms with van der Waals surface area (Å²) in [6.45, 7) is -0.350. The van der Waals surface area contributed by atoms with Gasteiger partial charge in [-0.3, -0.25) is 0 Å². The first-order valence-electron chi connectivity index (χ1n) is 8.49. The van der Waals surface area contributed by atoms with Gasteiger partial charge in [-0.1, -0.05) is 18.2 Å². The number of halogens is 2. The fraction of sp³-hybridized carbons (Fsp3) is 0.316. The fourth-order valence-electron chi connectivity index (χ4n) is 2.67. The van der Waals surface area contributed by atoms with Crippen molar-refractivity contribution in [1.82, 2.24) is 10.6 Å². The molecule has 1 unspecified atom stereocenters. The number of carbonyl (C=O) groups is 1. The summed E-state index contributed by atoms with van der Waals surface area (Å²) in [6, 6.07) is 11.4. The predicted molar refractivity (Wildman–Crippen MR) is 94.3 cm³/mol. The van der Waals surface area contributed by atoms with E-state index in [9.17, 15) is 13.6 Å². The minimum absolute atomic E-state index is 0.108. The van der Waals surface area contributed by atoms with Crippen molar-refractivity contribution < 1.29 is 27.8 Å². The monoisotopic (exact) mass is 378 g/mol. The Morgan fingerprint density at radius 1 is 1.15 bits per heavy atom. The van der Waals surface area contributed by atoms with Crippen LogP contribution in [0.25, 0.3) is 0 Å². The first-order chi connectivity index (χ1) is 13.0. The van der Waals surface area contributed by atoms with E-state index in [1.807, 2.05) is 25.1 Å². The molecule has 1 heterocycles. The molecule has 27 heavy (non-hydrogen) atoms. The molecule has 3 rings (SSSR count). The molecule has 0 fully saturated rings. The second-order valence-corrected chi connectivity index (χ2v) is 6.01. The molecule has 0 bridgehead atoms. The average Bonchev–Trinajstić information content (AvgIpc) is 3.10. The number of hydrogen-bond donors (Lipinski definition) is 2. The lowest BCUT2D eigenvalue weighted by molar-refractivity contribution is -0.0498. The molecular formula is C19H20F2N2O4. The van der Waals surface area contributed by atoms with Crippen molar-refractivity contribution in [3.8, 4) is 17.2 Å². The van der Waals surface area contributed by atoms with Crippen molar-refractivity contribution in [1.29, 1.82) is 0 Å². The van der Waals surface area contributed by atoms with E-state index in [1.54, 1.807) is 12.1 Å². The number of benzene rings is 2. The molecule has 0 aliphatic carbocycles. The number of fused-ring (bicyclic) bond motifs is 1. The molecule has 2 N–H and O–H groups in total. The van der Waals surface area contributed by atoms with E-state index < -0.39 is 6.61 Å². The lowest BCUT2D eigenvalue weighted by atomic mass is 10.1. The Labute approximate surface area is 155 Å². The van der Waals surface area contributed by atoms with E-state index in [0.717, 1.165) is 11.1 Å². The minimum atomic E-state index is -2.84. The standard InChI is InChI=1S/C19H20F2N2O4/c1-12(14-4-7-16-17(10-14)26-11-25-16)23-19(24)22-9-8-13-2-5-15(6-3-13)27-18(20)21/h2-7,10,12,18H,8-9,11H2,1H3,(H2,22,23,24). The molecule has 1 aliphatic rings. The number of urea groups is 1. The number of hydrogen-bond acceptors (Lipinski definition) is 4. The van der Waals surface area contributed by atoms with Crippen LogP contribution in [0.1, 0.15) is 24.1 Å². The maximum absolute atomic E-state index is 12.1. The van der Waals surface area contributed by atoms with Crippen LogP contribution in [-0.2, 0) is 6.42 Å². The number of nitrogens with one attached hydrogen (secondary N) is 2. The van der Waals surface area contributed by atoms with Gasteiger partial charge in [-0.05, 0) is 48.7 Å². The summed E-state index contributed by atoms with van der Waals surface area (Å²) in [5.41, 5.74) is 1.81. The van der Waals surface area contributed by atoms with Gasteiger partial charge in [-0.2, -0.15) is 8.78 Å². The van der Waals surface area contributed by atoms with E-state index in [0.29, 0.717) is 24.5 Å². The summed E-state index contributed by atoms with van der Waals surface area (Å²) < 4.78 is 39.1. The van der Waals surface area contributed by atoms with Crippen LogP contribution < -0.4 is 24.8 Å². The van der Waals surface area contributed by atoms with Gasteiger partial charge in [-0.15, -0.1) is 0 Å². The molecule has 2 amide bonds. The van der Waals surface area contributed by atoms with Gasteiger partial charge in [0.1, 0.15) is 5.75 Å². The molecule has 0 saturated heterocycles. The minimum Gasteiger partial charge on any atom is -0.454 e. The average molecular weight is 378 g/mol. The van der Waals surface area contributed by atoms with Crippen LogP contribution in [0.5, 0.6) is 17.2 Å². The van der Waals surface area contributed by atoms with Gasteiger partial charge in [0.2, 0.25) is 6.79 Å². The highest BCUT2D eigenvalue weighted by molar-refractivity contribution is 5.74. The SMILES string of the molecule is CC(NC(=O)NCCc1ccc(OC(F)F)cc1)c1ccc2c(c1)OCO2. The summed E-state index contributed by atoms with van der Waals surface area (Å²) in [5, 5.41) is 5.63. The molecule has 8 heteroatoms. The molecule has 2 aromatic carbocycles. The molecule has 6 nitrogen and oxygen atoms in total. The fourth-order valence-corrected chi connectivity index (χ4v) is 2.67. The van der Waals surface area contributed by atoms with E-state index in [2.05, 4.69) is 15.4 Å². The number of carbonyl (C=O) groups excluding carboxylic acids is 1. The summed E-state index contributed by atoms with van der Waals surface area (Å²) in [6.07, 6.45) is 0.570. The van der Waals surface area contributed by atoms with Crippen molar-refractivity contribution in [3.05, 3.63) is 53.6 Å². The maximum Gasteiger partial charge on any atom is 0.387 e. The van der Waals surface area contributed by atoms with Crippen LogP contribution >= 0.6 is 0 Å². The molecule has 0 saturated carbocycles. The molecule has 0 spiro atoms. The van der Waals surface area contributed by atoms with Gasteiger partial charge in [0.25, 0.3) is 0 Å². The van der Waals surface area contributed by atoms with Gasteiger partial charge >= 0.3 is 12.6 Å². The molecular weight excluding hydrogens is 358 g/mol. The normalized spacial score (nSPS) is 13.3. The number of rotatable bonds is 7. The van der Waals surface area contributed by atoms with Crippen molar-refractivity contribution in [2.75, 3.05) is 13.3 Å². The zero-order valence-corrected chi connectivity index (χ0v) is 14.7. The highest BCUT2D eigenvalue weighted by Crippen LogP contribution is 2.34. The highest BCUT2D eigenvalue weighted by atomic mass is 19.3. The Morgan fingerprint density at radius 3 is 2.63 bits per heavy atom. The molecule has 144 valence electrons. The van der Waals surface area contributed by atoms with Crippen molar-refractivity contribution in [2.45, 2.75) is 26.0 Å². The van der Waals surface area contributed by atoms with Crippen LogP contribution in [0.15, 0.2) is 42.5 Å². The Hall–Kier alpha value is -3.03. The summed E-state index contributed by atoms with van der Waals surface area (Å²) in [5.74, 6) is 1.47. The van der Waals surface area contributed by atoms with Crippen molar-refractivity contribution in [2.24, 2.45) is 0 Å². The lowest BCUT2D eigenvalue weighted by Gasteiger charge is -2.15. The van der Waals surface area contributed by atoms with Gasteiger partial charge in [0, 0.05) is 6.54 Å². The third-order valence-corrected chi connectivity index (χ3v) is 4.09. The molecule has 1 aliphatic heterocycles. The zero-order valence-electron chi connectivity index (χ0n) is 14.7. The first kappa shape index (κ1) is 18.8. The zero-order chi connectivity index (χ0) is 19.2. The third-order valence-electron chi connectivity index (χ3n) is 4.09. The predicted octanol–water partition coefficient (Wildman–Crippen LogP) is 3.62. The number of ether oxygens (including phenoxy) is 3. The topological polar surface area (TPSA) is 68.8 Å². The second kappa shape index (κ2) is 8.57. The van der Waals surface area contributed by atoms with Crippen LogP contribution in [0.2, 0.25) is 0 Å². The van der Waals surface area contributed by atoms with E-state index >= 15 is 0 Å². The van der Waals surface area contributed by atoms with E-state index in [1.165, 1.54) is 12.1 Å². The highest BCUT2D eigenvalue weighted by Gasteiger charge is 2.16. The quantitative estimate of drug-likeness (QED) is 0.772. The number of amides is 2. The Balaban J connectivity index is 1.43. The molecule has 1 atom stereocenters. The molecule has 2 aromatic rings. The molecule has 0 aromatic heterocycles. The maximum atomic E-state index is 12.1. The van der Waals surface area contributed by atoms with Crippen LogP contribution in [0, 0.1) is 0 Å². The van der Waals surface area contributed by atoms with Crippen molar-refractivity contribution in [3.63, 3.8) is 0 Å². The molecule has 0 radical (unpaired) electrons. The van der Waals surface area contributed by atoms with Gasteiger partial charge in [-0.25, -0.2) is 4.79 Å². The summed E-state index contributed by atoms with van der Waals surface area (Å²) >= 11 is 0. The van der Waals surface area contributed by atoms with E-state index in [4.69, 9.17) is 9.47 Å². The Kier molecular flexibility index (Phi) is 5.95. The third kappa shape index (κ3) is 5.22. The smallest absolute Gasteiger partial charge is 0.387 e. The first-order valence-corrected chi connectivity index (χ1v) is 8.49. The Bertz CT molecular complexity index is 784. The van der Waals surface area contributed by atoms with Crippen LogP contribution in [-0.4, -0.2) is 26.0 Å². The second-order valence-electron chi connectivity index (χ2n) is 6.01. The summed E-state index contributed by atoms with van der Waals surface area (Å²) in [7, 11) is 0. The summed E-state index contributed by atoms with van der Waals surface area (Å²) in [4.78, 5) is 12.0. The lowest BCUT2D eigenvalue weighted by Crippen LogP contribution is -2.38. The van der Waals surface area contributed by atoms with Gasteiger partial charge in [0.15, 0.2) is 11.5 Å². The van der Waals surface area contributed by atoms with Gasteiger partial charge < -0.3 is 24.8 Å². The van der Waals surface area contributed by atoms with Gasteiger partial charge in [0.05, 0.1) is 6.04 Å². The van der Waals surface area contributed by atoms with Crippen LogP contribution in [0.4, 0.5) is 13.6 Å². The van der Waals surface area contributed by atoms with Crippen molar-refractivity contribution >= 4 is 6.03 Å². The largest absolute Gasteiger partial charge is 0.454 e. The van der Waals surface area contributed by atoms with Crippen LogP contribution in [0.3, 0.4) is 0 Å².